The van der Waals surface area contributed by atoms with E-state index in [1.807, 2.05) is 37.4 Å². The van der Waals surface area contributed by atoms with Gasteiger partial charge < -0.3 is 15.0 Å². The molecule has 0 spiro atoms. The van der Waals surface area contributed by atoms with E-state index < -0.39 is 5.60 Å². The molecule has 5 heteroatoms. The van der Waals surface area contributed by atoms with Gasteiger partial charge in [-0.1, -0.05) is 6.92 Å². The van der Waals surface area contributed by atoms with Crippen molar-refractivity contribution in [3.8, 4) is 0 Å². The SMILES string of the molecule is CCC(CSC)NC(C)C1CCCN(C(=O)OC(C)(C)C)C1. The Morgan fingerprint density at radius 1 is 1.45 bits per heavy atom. The second-order valence-electron chi connectivity index (χ2n) is 7.34. The van der Waals surface area contributed by atoms with Crippen molar-refractivity contribution in [1.82, 2.24) is 10.2 Å². The average molecular weight is 331 g/mol. The van der Waals surface area contributed by atoms with E-state index in [0.29, 0.717) is 18.0 Å². The topological polar surface area (TPSA) is 41.6 Å². The van der Waals surface area contributed by atoms with E-state index >= 15 is 0 Å². The number of amides is 1. The highest BCUT2D eigenvalue weighted by Crippen LogP contribution is 2.22. The van der Waals surface area contributed by atoms with Crippen molar-refractivity contribution in [3.05, 3.63) is 0 Å². The maximum absolute atomic E-state index is 12.2. The lowest BCUT2D eigenvalue weighted by Crippen LogP contribution is -2.50. The van der Waals surface area contributed by atoms with Crippen LogP contribution in [0.3, 0.4) is 0 Å². The molecule has 0 aromatic rings. The van der Waals surface area contributed by atoms with Crippen LogP contribution in [0.4, 0.5) is 4.79 Å². The number of nitrogens with one attached hydrogen (secondary N) is 1. The Labute approximate surface area is 140 Å². The highest BCUT2D eigenvalue weighted by atomic mass is 32.2. The Balaban J connectivity index is 2.53. The fraction of sp³-hybridized carbons (Fsp3) is 0.941. The summed E-state index contributed by atoms with van der Waals surface area (Å²) in [5.74, 6) is 1.65. The summed E-state index contributed by atoms with van der Waals surface area (Å²) in [6.45, 7) is 11.9. The summed E-state index contributed by atoms with van der Waals surface area (Å²) >= 11 is 1.89. The first-order chi connectivity index (χ1) is 10.3. The zero-order valence-corrected chi connectivity index (χ0v) is 16.0. The zero-order valence-electron chi connectivity index (χ0n) is 15.1. The van der Waals surface area contributed by atoms with Gasteiger partial charge >= 0.3 is 6.09 Å². The lowest BCUT2D eigenvalue weighted by atomic mass is 9.91. The first-order valence-electron chi connectivity index (χ1n) is 8.49. The van der Waals surface area contributed by atoms with Crippen molar-refractivity contribution in [2.45, 2.75) is 71.6 Å². The van der Waals surface area contributed by atoms with Gasteiger partial charge in [-0.3, -0.25) is 0 Å². The number of carbonyl (C=O) groups is 1. The van der Waals surface area contributed by atoms with E-state index in [2.05, 4.69) is 25.4 Å². The molecule has 0 aromatic carbocycles. The Morgan fingerprint density at radius 2 is 2.14 bits per heavy atom. The number of piperidine rings is 1. The maximum Gasteiger partial charge on any atom is 0.410 e. The summed E-state index contributed by atoms with van der Waals surface area (Å²) in [4.78, 5) is 14.1. The van der Waals surface area contributed by atoms with Gasteiger partial charge in [-0.05, 0) is 59.1 Å². The fourth-order valence-corrected chi connectivity index (χ4v) is 3.64. The number of hydrogen-bond acceptors (Lipinski definition) is 4. The van der Waals surface area contributed by atoms with E-state index in [-0.39, 0.29) is 6.09 Å². The van der Waals surface area contributed by atoms with Crippen molar-refractivity contribution >= 4 is 17.9 Å². The number of carbonyl (C=O) groups excluding carboxylic acids is 1. The number of rotatable bonds is 6. The van der Waals surface area contributed by atoms with Gasteiger partial charge in [0.25, 0.3) is 0 Å². The molecule has 1 aliphatic rings. The Bertz CT molecular complexity index is 344. The van der Waals surface area contributed by atoms with E-state index in [1.54, 1.807) is 0 Å². The Hall–Kier alpha value is -0.420. The second-order valence-corrected chi connectivity index (χ2v) is 8.26. The van der Waals surface area contributed by atoms with Gasteiger partial charge in [0, 0.05) is 30.9 Å². The van der Waals surface area contributed by atoms with Crippen LogP contribution in [0.25, 0.3) is 0 Å². The van der Waals surface area contributed by atoms with Crippen LogP contribution < -0.4 is 5.32 Å². The van der Waals surface area contributed by atoms with Crippen molar-refractivity contribution in [3.63, 3.8) is 0 Å². The molecule has 1 N–H and O–H groups in total. The molecule has 1 fully saturated rings. The van der Waals surface area contributed by atoms with Crippen LogP contribution in [0.5, 0.6) is 0 Å². The first-order valence-corrected chi connectivity index (χ1v) is 9.89. The molecule has 0 aromatic heterocycles. The Morgan fingerprint density at radius 3 is 2.68 bits per heavy atom. The summed E-state index contributed by atoms with van der Waals surface area (Å²) in [6, 6.07) is 0.990. The van der Waals surface area contributed by atoms with Crippen LogP contribution in [0.2, 0.25) is 0 Å². The van der Waals surface area contributed by atoms with Crippen molar-refractivity contribution in [2.24, 2.45) is 5.92 Å². The molecule has 1 aliphatic heterocycles. The normalized spacial score (nSPS) is 22.3. The highest BCUT2D eigenvalue weighted by molar-refractivity contribution is 7.98. The fourth-order valence-electron chi connectivity index (χ4n) is 2.90. The van der Waals surface area contributed by atoms with Crippen LogP contribution in [-0.2, 0) is 4.74 Å². The van der Waals surface area contributed by atoms with Gasteiger partial charge in [0.05, 0.1) is 0 Å². The molecule has 0 saturated carbocycles. The zero-order chi connectivity index (χ0) is 16.8. The molecule has 4 nitrogen and oxygen atoms in total. The number of nitrogens with zero attached hydrogens (tertiary/aromatic N) is 1. The van der Waals surface area contributed by atoms with Crippen molar-refractivity contribution < 1.29 is 9.53 Å². The van der Waals surface area contributed by atoms with Crippen molar-refractivity contribution in [2.75, 3.05) is 25.1 Å². The van der Waals surface area contributed by atoms with E-state index in [9.17, 15) is 4.79 Å². The second kappa shape index (κ2) is 9.02. The molecule has 1 heterocycles. The summed E-state index contributed by atoms with van der Waals surface area (Å²) in [6.07, 6.45) is 5.38. The minimum absolute atomic E-state index is 0.166. The summed E-state index contributed by atoms with van der Waals surface area (Å²) in [5, 5.41) is 3.75. The molecule has 3 unspecified atom stereocenters. The van der Waals surface area contributed by atoms with Crippen LogP contribution in [0.1, 0.15) is 53.9 Å². The monoisotopic (exact) mass is 330 g/mol. The predicted octanol–water partition coefficient (Wildman–Crippen LogP) is 3.75. The van der Waals surface area contributed by atoms with Gasteiger partial charge in [-0.25, -0.2) is 4.79 Å². The molecular formula is C17H34N2O2S. The van der Waals surface area contributed by atoms with Crippen LogP contribution in [0, 0.1) is 5.92 Å². The van der Waals surface area contributed by atoms with E-state index in [4.69, 9.17) is 4.74 Å². The van der Waals surface area contributed by atoms with Gasteiger partial charge in [-0.15, -0.1) is 0 Å². The molecule has 0 bridgehead atoms. The molecule has 1 rings (SSSR count). The predicted molar refractivity (Wildman–Crippen MR) is 95.6 cm³/mol. The third kappa shape index (κ3) is 6.78. The molecular weight excluding hydrogens is 296 g/mol. The van der Waals surface area contributed by atoms with Crippen LogP contribution >= 0.6 is 11.8 Å². The van der Waals surface area contributed by atoms with E-state index in [0.717, 1.165) is 31.7 Å². The lowest BCUT2D eigenvalue weighted by molar-refractivity contribution is 0.0146. The van der Waals surface area contributed by atoms with E-state index in [1.165, 1.54) is 6.42 Å². The molecule has 22 heavy (non-hydrogen) atoms. The van der Waals surface area contributed by atoms with Gasteiger partial charge in [-0.2, -0.15) is 11.8 Å². The number of ether oxygens (including phenoxy) is 1. The molecule has 0 aliphatic carbocycles. The molecule has 0 radical (unpaired) electrons. The largest absolute Gasteiger partial charge is 0.444 e. The van der Waals surface area contributed by atoms with Crippen molar-refractivity contribution in [1.29, 1.82) is 0 Å². The maximum atomic E-state index is 12.2. The summed E-state index contributed by atoms with van der Waals surface area (Å²) < 4.78 is 5.51. The van der Waals surface area contributed by atoms with Gasteiger partial charge in [0.2, 0.25) is 0 Å². The van der Waals surface area contributed by atoms with Gasteiger partial charge in [0.15, 0.2) is 0 Å². The smallest absolute Gasteiger partial charge is 0.410 e. The minimum Gasteiger partial charge on any atom is -0.444 e. The van der Waals surface area contributed by atoms with Gasteiger partial charge in [0.1, 0.15) is 5.60 Å². The quantitative estimate of drug-likeness (QED) is 0.805. The average Bonchev–Trinajstić information content (AvgIpc) is 2.45. The number of hydrogen-bond donors (Lipinski definition) is 1. The first kappa shape index (κ1) is 19.6. The highest BCUT2D eigenvalue weighted by Gasteiger charge is 2.30. The number of likely N-dealkylation sites (tertiary alicyclic amines) is 1. The number of thioether (sulfide) groups is 1. The molecule has 1 saturated heterocycles. The molecule has 3 atom stereocenters. The third-order valence-electron chi connectivity index (χ3n) is 4.18. The summed E-state index contributed by atoms with van der Waals surface area (Å²) in [5.41, 5.74) is -0.417. The Kier molecular flexibility index (Phi) is 8.04. The van der Waals surface area contributed by atoms with Crippen LogP contribution in [-0.4, -0.2) is 53.8 Å². The lowest BCUT2D eigenvalue weighted by Gasteiger charge is -2.37. The third-order valence-corrected chi connectivity index (χ3v) is 4.91. The minimum atomic E-state index is -0.417. The van der Waals surface area contributed by atoms with Crippen LogP contribution in [0.15, 0.2) is 0 Å². The summed E-state index contributed by atoms with van der Waals surface area (Å²) in [7, 11) is 0. The molecule has 1 amide bonds. The molecule has 130 valence electrons. The standard InChI is InChI=1S/C17H34N2O2S/c1-7-15(12-22-6)18-13(2)14-9-8-10-19(11-14)16(20)21-17(3,4)5/h13-15,18H,7-12H2,1-6H3.